The topological polar surface area (TPSA) is 75.1 Å². The van der Waals surface area contributed by atoms with Gasteiger partial charge in [0.05, 0.1) is 10.6 Å². The second-order valence-corrected chi connectivity index (χ2v) is 4.20. The zero-order chi connectivity index (χ0) is 13.7. The Morgan fingerprint density at radius 1 is 1.26 bits per heavy atom. The molecule has 0 amide bonds. The van der Waals surface area contributed by atoms with Gasteiger partial charge in [-0.05, 0) is 18.2 Å². The molecule has 6 heteroatoms. The Morgan fingerprint density at radius 2 is 2.11 bits per heavy atom. The Bertz CT molecular complexity index is 575. The number of nitrogens with zero attached hydrogens (tertiary/aromatic N) is 2. The summed E-state index contributed by atoms with van der Waals surface area (Å²) in [6, 6.07) is 7.06. The van der Waals surface area contributed by atoms with Crippen molar-refractivity contribution in [2.75, 3.05) is 11.9 Å². The van der Waals surface area contributed by atoms with Crippen LogP contribution in [0, 0.1) is 0 Å². The van der Waals surface area contributed by atoms with Crippen LogP contribution in [0.1, 0.15) is 16.1 Å². The normalized spacial score (nSPS) is 10.2. The van der Waals surface area contributed by atoms with Gasteiger partial charge in [0.25, 0.3) is 0 Å². The molecule has 0 saturated carbocycles. The van der Waals surface area contributed by atoms with Crippen molar-refractivity contribution in [3.8, 4) is 0 Å². The number of carboxylic acids is 1. The third kappa shape index (κ3) is 3.42. The second kappa shape index (κ2) is 6.15. The lowest BCUT2D eigenvalue weighted by Crippen LogP contribution is -2.09. The van der Waals surface area contributed by atoms with Gasteiger partial charge in [-0.15, -0.1) is 0 Å². The van der Waals surface area contributed by atoms with E-state index in [0.29, 0.717) is 18.8 Å². The van der Waals surface area contributed by atoms with Crippen LogP contribution in [0.3, 0.4) is 0 Å². The second-order valence-electron chi connectivity index (χ2n) is 3.82. The van der Waals surface area contributed by atoms with E-state index in [4.69, 9.17) is 16.7 Å². The highest BCUT2D eigenvalue weighted by Crippen LogP contribution is 2.23. The number of aromatic nitrogens is 2. The first-order valence-electron chi connectivity index (χ1n) is 5.70. The monoisotopic (exact) mass is 277 g/mol. The van der Waals surface area contributed by atoms with E-state index in [1.54, 1.807) is 6.20 Å². The Hall–Kier alpha value is -2.14. The highest BCUT2D eigenvalue weighted by molar-refractivity contribution is 6.35. The van der Waals surface area contributed by atoms with Crippen molar-refractivity contribution >= 4 is 23.4 Å². The van der Waals surface area contributed by atoms with E-state index in [1.807, 2.05) is 18.2 Å². The van der Waals surface area contributed by atoms with Crippen molar-refractivity contribution < 1.29 is 9.90 Å². The summed E-state index contributed by atoms with van der Waals surface area (Å²) in [5.74, 6) is -0.697. The minimum atomic E-state index is -1.07. The average molecular weight is 278 g/mol. The smallest absolute Gasteiger partial charge is 0.337 e. The van der Waals surface area contributed by atoms with E-state index in [9.17, 15) is 4.79 Å². The summed E-state index contributed by atoms with van der Waals surface area (Å²) in [7, 11) is 0. The molecule has 2 rings (SSSR count). The zero-order valence-electron chi connectivity index (χ0n) is 10.0. The Morgan fingerprint density at radius 3 is 2.79 bits per heavy atom. The summed E-state index contributed by atoms with van der Waals surface area (Å²) in [6.07, 6.45) is 3.85. The van der Waals surface area contributed by atoms with Gasteiger partial charge in [-0.1, -0.05) is 17.7 Å². The zero-order valence-corrected chi connectivity index (χ0v) is 10.8. The van der Waals surface area contributed by atoms with Crippen LogP contribution in [0.15, 0.2) is 36.7 Å². The molecule has 0 aliphatic heterocycles. The molecule has 0 aliphatic carbocycles. The number of anilines is 1. The molecule has 2 aromatic heterocycles. The fourth-order valence-corrected chi connectivity index (χ4v) is 1.85. The van der Waals surface area contributed by atoms with Gasteiger partial charge in [-0.2, -0.15) is 0 Å². The maximum absolute atomic E-state index is 10.9. The maximum atomic E-state index is 10.9. The molecule has 0 bridgehead atoms. The quantitative estimate of drug-likeness (QED) is 0.878. The van der Waals surface area contributed by atoms with E-state index in [0.717, 1.165) is 5.69 Å². The Labute approximate surface area is 115 Å². The number of rotatable bonds is 5. The lowest BCUT2D eigenvalue weighted by atomic mass is 10.2. The van der Waals surface area contributed by atoms with Gasteiger partial charge >= 0.3 is 5.97 Å². The minimum absolute atomic E-state index is 0.0389. The molecule has 98 valence electrons. The number of carbonyl (C=O) groups is 1. The Kier molecular flexibility index (Phi) is 4.30. The molecular formula is C13H12ClN3O2. The number of carboxylic acid groups (broad SMARTS) is 1. The van der Waals surface area contributed by atoms with E-state index in [-0.39, 0.29) is 10.6 Å². The molecule has 5 nitrogen and oxygen atoms in total. The van der Waals surface area contributed by atoms with Gasteiger partial charge in [-0.3, -0.25) is 4.98 Å². The van der Waals surface area contributed by atoms with Gasteiger partial charge in [0.1, 0.15) is 5.82 Å². The van der Waals surface area contributed by atoms with Gasteiger partial charge in [0.2, 0.25) is 0 Å². The molecule has 0 atom stereocenters. The first kappa shape index (κ1) is 13.3. The van der Waals surface area contributed by atoms with Crippen LogP contribution >= 0.6 is 11.6 Å². The maximum Gasteiger partial charge on any atom is 0.337 e. The molecule has 2 N–H and O–H groups in total. The van der Waals surface area contributed by atoms with Gasteiger partial charge in [0.15, 0.2) is 0 Å². The summed E-state index contributed by atoms with van der Waals surface area (Å²) >= 11 is 5.96. The molecule has 0 aliphatic rings. The van der Waals surface area contributed by atoms with Crippen LogP contribution in [0.5, 0.6) is 0 Å². The molecule has 2 heterocycles. The number of nitrogens with one attached hydrogen (secondary N) is 1. The predicted molar refractivity (Wildman–Crippen MR) is 72.6 cm³/mol. The summed E-state index contributed by atoms with van der Waals surface area (Å²) in [5.41, 5.74) is 0.984. The molecule has 19 heavy (non-hydrogen) atoms. The van der Waals surface area contributed by atoms with E-state index in [2.05, 4.69) is 15.3 Å². The van der Waals surface area contributed by atoms with Crippen LogP contribution in [-0.4, -0.2) is 27.6 Å². The average Bonchev–Trinajstić information content (AvgIpc) is 2.41. The summed E-state index contributed by atoms with van der Waals surface area (Å²) < 4.78 is 0. The van der Waals surface area contributed by atoms with E-state index in [1.165, 1.54) is 12.3 Å². The predicted octanol–water partition coefficient (Wildman–Crippen LogP) is 2.48. The van der Waals surface area contributed by atoms with Crippen molar-refractivity contribution in [1.82, 2.24) is 9.97 Å². The molecular weight excluding hydrogens is 266 g/mol. The largest absolute Gasteiger partial charge is 0.478 e. The summed E-state index contributed by atoms with van der Waals surface area (Å²) in [4.78, 5) is 19.1. The van der Waals surface area contributed by atoms with Crippen molar-refractivity contribution in [1.29, 1.82) is 0 Å². The van der Waals surface area contributed by atoms with Crippen molar-refractivity contribution in [2.24, 2.45) is 0 Å². The number of hydrogen-bond acceptors (Lipinski definition) is 4. The Balaban J connectivity index is 2.00. The van der Waals surface area contributed by atoms with Gasteiger partial charge in [0, 0.05) is 31.1 Å². The summed E-state index contributed by atoms with van der Waals surface area (Å²) in [6.45, 7) is 0.576. The molecule has 0 saturated heterocycles. The highest BCUT2D eigenvalue weighted by atomic mass is 35.5. The molecule has 0 aromatic carbocycles. The van der Waals surface area contributed by atoms with E-state index >= 15 is 0 Å². The van der Waals surface area contributed by atoms with Crippen LogP contribution in [0.25, 0.3) is 0 Å². The third-order valence-corrected chi connectivity index (χ3v) is 2.90. The molecule has 0 spiro atoms. The summed E-state index contributed by atoms with van der Waals surface area (Å²) in [5, 5.41) is 12.1. The van der Waals surface area contributed by atoms with Crippen molar-refractivity contribution in [3.63, 3.8) is 0 Å². The number of aromatic carboxylic acids is 1. The van der Waals surface area contributed by atoms with Crippen LogP contribution < -0.4 is 5.32 Å². The van der Waals surface area contributed by atoms with Crippen LogP contribution in [-0.2, 0) is 6.42 Å². The lowest BCUT2D eigenvalue weighted by Gasteiger charge is -2.08. The minimum Gasteiger partial charge on any atom is -0.478 e. The SMILES string of the molecule is O=C(O)c1ccnc(NCCc2ccccn2)c1Cl. The molecule has 0 fully saturated rings. The van der Waals surface area contributed by atoms with Crippen LogP contribution in [0.4, 0.5) is 5.82 Å². The molecule has 2 aromatic rings. The first-order chi connectivity index (χ1) is 9.18. The highest BCUT2D eigenvalue weighted by Gasteiger charge is 2.12. The number of pyridine rings is 2. The van der Waals surface area contributed by atoms with Crippen molar-refractivity contribution in [2.45, 2.75) is 6.42 Å². The third-order valence-electron chi connectivity index (χ3n) is 2.52. The molecule has 0 unspecified atom stereocenters. The number of hydrogen-bond donors (Lipinski definition) is 2. The fraction of sp³-hybridized carbons (Fsp3) is 0.154. The molecule has 0 radical (unpaired) electrons. The first-order valence-corrected chi connectivity index (χ1v) is 6.08. The van der Waals surface area contributed by atoms with Crippen molar-refractivity contribution in [3.05, 3.63) is 52.9 Å². The standard InChI is InChI=1S/C13H12ClN3O2/c14-11-10(13(18)19)5-8-17-12(11)16-7-4-9-3-1-2-6-15-9/h1-3,5-6,8H,4,7H2,(H,16,17)(H,18,19). The lowest BCUT2D eigenvalue weighted by molar-refractivity contribution is 0.0697. The fourth-order valence-electron chi connectivity index (χ4n) is 1.59. The van der Waals surface area contributed by atoms with Crippen LogP contribution in [0.2, 0.25) is 5.02 Å². The van der Waals surface area contributed by atoms with Gasteiger partial charge < -0.3 is 10.4 Å². The van der Waals surface area contributed by atoms with E-state index < -0.39 is 5.97 Å². The van der Waals surface area contributed by atoms with Gasteiger partial charge in [-0.25, -0.2) is 9.78 Å². The number of halogens is 1.